The second kappa shape index (κ2) is 6.41. The summed E-state index contributed by atoms with van der Waals surface area (Å²) in [5, 5.41) is 10.2. The van der Waals surface area contributed by atoms with E-state index in [1.165, 1.54) is 11.1 Å². The third kappa shape index (κ3) is 2.48. The maximum absolute atomic E-state index is 10.2. The summed E-state index contributed by atoms with van der Waals surface area (Å²) in [4.78, 5) is 6.92. The molecule has 1 spiro atoms. The van der Waals surface area contributed by atoms with Gasteiger partial charge in [-0.25, -0.2) is 0 Å². The zero-order chi connectivity index (χ0) is 19.3. The van der Waals surface area contributed by atoms with Gasteiger partial charge in [-0.3, -0.25) is 0 Å². The molecule has 3 heterocycles. The lowest BCUT2D eigenvalue weighted by molar-refractivity contribution is 0.0856. The molecule has 0 bridgehead atoms. The van der Waals surface area contributed by atoms with Gasteiger partial charge in [0, 0.05) is 31.1 Å². The van der Waals surface area contributed by atoms with Crippen LogP contribution in [0.3, 0.4) is 0 Å². The van der Waals surface area contributed by atoms with Crippen molar-refractivity contribution in [1.29, 1.82) is 0 Å². The van der Waals surface area contributed by atoms with E-state index in [0.717, 1.165) is 36.8 Å². The molecule has 0 saturated carbocycles. The van der Waals surface area contributed by atoms with Gasteiger partial charge in [-0.1, -0.05) is 24.3 Å². The number of aliphatic hydroxyl groups excluding tert-OH is 1. The molecule has 2 aromatic rings. The van der Waals surface area contributed by atoms with Gasteiger partial charge in [0.1, 0.15) is 11.9 Å². The predicted octanol–water partition coefficient (Wildman–Crippen LogP) is 2.83. The second-order valence-corrected chi connectivity index (χ2v) is 7.65. The molecular formula is C22H24N2O4. The van der Waals surface area contributed by atoms with Gasteiger partial charge in [0.15, 0.2) is 11.5 Å². The number of methoxy groups -OCH3 is 2. The van der Waals surface area contributed by atoms with Crippen molar-refractivity contribution >= 4 is 5.82 Å². The van der Waals surface area contributed by atoms with Crippen LogP contribution in [0.1, 0.15) is 24.0 Å². The largest absolute Gasteiger partial charge is 0.493 e. The zero-order valence-corrected chi connectivity index (χ0v) is 16.1. The van der Waals surface area contributed by atoms with Crippen LogP contribution in [-0.4, -0.2) is 43.1 Å². The molecule has 2 aliphatic heterocycles. The van der Waals surface area contributed by atoms with Gasteiger partial charge < -0.3 is 24.2 Å². The Kier molecular flexibility index (Phi) is 3.98. The molecule has 1 aromatic carbocycles. The number of hydrogen-bond acceptors (Lipinski definition) is 6. The Morgan fingerprint density at radius 3 is 2.93 bits per heavy atom. The van der Waals surface area contributed by atoms with Gasteiger partial charge >= 0.3 is 0 Å². The summed E-state index contributed by atoms with van der Waals surface area (Å²) in [7, 11) is 3.31. The number of ether oxygens (including phenoxy) is 3. The topological polar surface area (TPSA) is 64.1 Å². The van der Waals surface area contributed by atoms with E-state index in [0.29, 0.717) is 12.3 Å². The molecule has 1 aromatic heterocycles. The van der Waals surface area contributed by atoms with Gasteiger partial charge in [0.2, 0.25) is 5.88 Å². The van der Waals surface area contributed by atoms with Crippen LogP contribution < -0.4 is 19.1 Å². The van der Waals surface area contributed by atoms with Crippen LogP contribution in [-0.2, 0) is 12.0 Å². The molecule has 3 atom stereocenters. The average Bonchev–Trinajstić information content (AvgIpc) is 2.95. The van der Waals surface area contributed by atoms with Crippen LogP contribution in [0.25, 0.3) is 0 Å². The van der Waals surface area contributed by atoms with Gasteiger partial charge in [0.05, 0.1) is 25.7 Å². The quantitative estimate of drug-likeness (QED) is 0.826. The number of benzene rings is 1. The van der Waals surface area contributed by atoms with Crippen molar-refractivity contribution in [3.8, 4) is 17.4 Å². The lowest BCUT2D eigenvalue weighted by Gasteiger charge is -2.35. The van der Waals surface area contributed by atoms with Crippen molar-refractivity contribution in [3.63, 3.8) is 0 Å². The van der Waals surface area contributed by atoms with Crippen LogP contribution in [0.5, 0.6) is 17.4 Å². The highest BCUT2D eigenvalue weighted by molar-refractivity contribution is 5.62. The maximum atomic E-state index is 10.2. The minimum atomic E-state index is -0.473. The van der Waals surface area contributed by atoms with E-state index in [4.69, 9.17) is 14.2 Å². The number of rotatable bonds is 3. The third-order valence-corrected chi connectivity index (χ3v) is 6.20. The predicted molar refractivity (Wildman–Crippen MR) is 105 cm³/mol. The minimum Gasteiger partial charge on any atom is -0.493 e. The molecule has 146 valence electrons. The SMILES string of the molecule is COc1cccc(N2CC[C@@]34C=C[C@H](O)C[C@@H]3Oc3c(OC)ccc(c34)C2)n1. The number of aliphatic hydroxyl groups is 1. The highest BCUT2D eigenvalue weighted by Gasteiger charge is 2.52. The average molecular weight is 380 g/mol. The van der Waals surface area contributed by atoms with E-state index in [1.807, 2.05) is 30.3 Å². The molecular weight excluding hydrogens is 356 g/mol. The first-order chi connectivity index (χ1) is 13.6. The first kappa shape index (κ1) is 17.4. The van der Waals surface area contributed by atoms with Crippen molar-refractivity contribution in [1.82, 2.24) is 4.98 Å². The van der Waals surface area contributed by atoms with Gasteiger partial charge in [-0.05, 0) is 24.1 Å². The summed E-state index contributed by atoms with van der Waals surface area (Å²) >= 11 is 0. The van der Waals surface area contributed by atoms with E-state index in [-0.39, 0.29) is 11.5 Å². The molecule has 28 heavy (non-hydrogen) atoms. The molecule has 3 aliphatic rings. The Bertz CT molecular complexity index is 944. The highest BCUT2D eigenvalue weighted by Crippen LogP contribution is 2.55. The molecule has 6 nitrogen and oxygen atoms in total. The summed E-state index contributed by atoms with van der Waals surface area (Å²) in [6, 6.07) is 9.95. The monoisotopic (exact) mass is 380 g/mol. The first-order valence-corrected chi connectivity index (χ1v) is 9.65. The smallest absolute Gasteiger partial charge is 0.214 e. The maximum Gasteiger partial charge on any atom is 0.214 e. The number of pyridine rings is 1. The molecule has 1 aliphatic carbocycles. The molecule has 0 fully saturated rings. The van der Waals surface area contributed by atoms with Gasteiger partial charge in [-0.15, -0.1) is 0 Å². The Labute approximate surface area is 164 Å². The normalized spacial score (nSPS) is 27.5. The summed E-state index contributed by atoms with van der Waals surface area (Å²) in [5.41, 5.74) is 2.17. The van der Waals surface area contributed by atoms with Crippen molar-refractivity contribution in [2.75, 3.05) is 25.7 Å². The van der Waals surface area contributed by atoms with Crippen LogP contribution in [0.2, 0.25) is 0 Å². The van der Waals surface area contributed by atoms with Crippen LogP contribution >= 0.6 is 0 Å². The Morgan fingerprint density at radius 2 is 2.11 bits per heavy atom. The summed E-state index contributed by atoms with van der Waals surface area (Å²) < 4.78 is 17.3. The molecule has 5 rings (SSSR count). The molecule has 0 unspecified atom stereocenters. The van der Waals surface area contributed by atoms with E-state index in [2.05, 4.69) is 22.0 Å². The Balaban J connectivity index is 1.63. The second-order valence-electron chi connectivity index (χ2n) is 7.65. The lowest BCUT2D eigenvalue weighted by Crippen LogP contribution is -2.43. The fraction of sp³-hybridized carbons (Fsp3) is 0.409. The first-order valence-electron chi connectivity index (χ1n) is 9.65. The van der Waals surface area contributed by atoms with Crippen molar-refractivity contribution in [3.05, 3.63) is 53.6 Å². The molecule has 0 radical (unpaired) electrons. The fourth-order valence-corrected chi connectivity index (χ4v) is 4.83. The molecule has 0 amide bonds. The van der Waals surface area contributed by atoms with E-state index >= 15 is 0 Å². The van der Waals surface area contributed by atoms with E-state index in [9.17, 15) is 5.11 Å². The van der Waals surface area contributed by atoms with Crippen molar-refractivity contribution in [2.24, 2.45) is 0 Å². The molecule has 0 saturated heterocycles. The number of anilines is 1. The summed E-state index contributed by atoms with van der Waals surface area (Å²) in [5.74, 6) is 3.09. The van der Waals surface area contributed by atoms with Gasteiger partial charge in [-0.2, -0.15) is 4.98 Å². The van der Waals surface area contributed by atoms with Gasteiger partial charge in [0.25, 0.3) is 0 Å². The fourth-order valence-electron chi connectivity index (χ4n) is 4.83. The van der Waals surface area contributed by atoms with E-state index in [1.54, 1.807) is 14.2 Å². The number of nitrogens with zero attached hydrogens (tertiary/aromatic N) is 2. The minimum absolute atomic E-state index is 0.0873. The molecule has 1 N–H and O–H groups in total. The van der Waals surface area contributed by atoms with Crippen LogP contribution in [0, 0.1) is 0 Å². The highest BCUT2D eigenvalue weighted by atomic mass is 16.5. The third-order valence-electron chi connectivity index (χ3n) is 6.20. The standard InChI is InChI=1S/C22H24N2O4/c1-26-16-7-6-14-13-24(18-4-3-5-19(23-18)27-2)11-10-22-9-8-15(25)12-17(22)28-21(16)20(14)22/h3-9,15,17,25H,10-13H2,1-2H3/t15-,17-,22-/m0/s1. The molecule has 6 heteroatoms. The van der Waals surface area contributed by atoms with Crippen LogP contribution in [0.15, 0.2) is 42.5 Å². The van der Waals surface area contributed by atoms with Crippen molar-refractivity contribution < 1.29 is 19.3 Å². The van der Waals surface area contributed by atoms with E-state index < -0.39 is 6.10 Å². The summed E-state index contributed by atoms with van der Waals surface area (Å²) in [6.07, 6.45) is 4.98. The Morgan fingerprint density at radius 1 is 1.21 bits per heavy atom. The number of aromatic nitrogens is 1. The zero-order valence-electron chi connectivity index (χ0n) is 16.1. The Hall–Kier alpha value is -2.73. The lowest BCUT2D eigenvalue weighted by atomic mass is 9.69. The van der Waals surface area contributed by atoms with Crippen molar-refractivity contribution in [2.45, 2.75) is 37.0 Å². The summed E-state index contributed by atoms with van der Waals surface area (Å²) in [6.45, 7) is 1.57. The van der Waals surface area contributed by atoms with Crippen LogP contribution in [0.4, 0.5) is 5.82 Å². The number of hydrogen-bond donors (Lipinski definition) is 1.